The second kappa shape index (κ2) is 7.22. The summed E-state index contributed by atoms with van der Waals surface area (Å²) in [6.07, 6.45) is 1.68. The highest BCUT2D eigenvalue weighted by Crippen LogP contribution is 2.18. The van der Waals surface area contributed by atoms with E-state index in [4.69, 9.17) is 16.3 Å². The van der Waals surface area contributed by atoms with Gasteiger partial charge in [0, 0.05) is 19.2 Å². The van der Waals surface area contributed by atoms with Gasteiger partial charge in [-0.1, -0.05) is 11.6 Å². The number of rotatable bonds is 5. The lowest BCUT2D eigenvalue weighted by molar-refractivity contribution is -0.155. The Morgan fingerprint density at radius 1 is 1.55 bits per heavy atom. The molecule has 118 valence electrons. The Hall–Kier alpha value is -2.15. The van der Waals surface area contributed by atoms with Crippen LogP contribution < -0.4 is 5.32 Å². The number of ether oxygens (including phenoxy) is 1. The third-order valence-electron chi connectivity index (χ3n) is 3.19. The molecule has 1 aliphatic heterocycles. The van der Waals surface area contributed by atoms with Crippen LogP contribution in [0.15, 0.2) is 18.3 Å². The molecule has 1 aromatic heterocycles. The van der Waals surface area contributed by atoms with Crippen LogP contribution in [0.3, 0.4) is 0 Å². The van der Waals surface area contributed by atoms with Gasteiger partial charge in [0.1, 0.15) is 6.54 Å². The maximum atomic E-state index is 11.9. The van der Waals surface area contributed by atoms with E-state index in [-0.39, 0.29) is 17.6 Å². The van der Waals surface area contributed by atoms with Crippen LogP contribution in [0.5, 0.6) is 0 Å². The third kappa shape index (κ3) is 4.17. The molecular weight excluding hydrogens is 310 g/mol. The molecule has 2 rings (SSSR count). The van der Waals surface area contributed by atoms with Crippen LogP contribution in [0.25, 0.3) is 0 Å². The maximum absolute atomic E-state index is 11.9. The van der Waals surface area contributed by atoms with Gasteiger partial charge in [-0.25, -0.2) is 4.98 Å². The molecule has 1 N–H and O–H groups in total. The number of hydrogen-bond acceptors (Lipinski definition) is 5. The first kappa shape index (κ1) is 16.2. The molecule has 0 aromatic carbocycles. The molecular formula is C14H16ClN3O4. The molecule has 1 saturated heterocycles. The number of anilines is 1. The first-order valence-corrected chi connectivity index (χ1v) is 7.24. The summed E-state index contributed by atoms with van der Waals surface area (Å²) >= 11 is 5.83. The molecule has 0 radical (unpaired) electrons. The van der Waals surface area contributed by atoms with Gasteiger partial charge in [0.05, 0.1) is 5.69 Å². The van der Waals surface area contributed by atoms with Crippen molar-refractivity contribution >= 4 is 35.1 Å². The van der Waals surface area contributed by atoms with Crippen LogP contribution in [-0.4, -0.2) is 46.9 Å². The van der Waals surface area contributed by atoms with Gasteiger partial charge in [0.25, 0.3) is 5.91 Å². The van der Waals surface area contributed by atoms with E-state index in [0.717, 1.165) is 6.42 Å². The van der Waals surface area contributed by atoms with E-state index in [9.17, 15) is 14.4 Å². The molecule has 0 bridgehead atoms. The molecule has 0 aliphatic carbocycles. The zero-order valence-electron chi connectivity index (χ0n) is 12.0. The Morgan fingerprint density at radius 2 is 2.32 bits per heavy atom. The number of pyridine rings is 1. The van der Waals surface area contributed by atoms with E-state index >= 15 is 0 Å². The minimum atomic E-state index is -0.999. The fourth-order valence-electron chi connectivity index (χ4n) is 2.03. The lowest BCUT2D eigenvalue weighted by Gasteiger charge is -2.17. The Kier molecular flexibility index (Phi) is 5.32. The molecule has 2 heterocycles. The van der Waals surface area contributed by atoms with Crippen molar-refractivity contribution in [3.05, 3.63) is 23.5 Å². The quantitative estimate of drug-likeness (QED) is 0.649. The van der Waals surface area contributed by atoms with Gasteiger partial charge in [-0.3, -0.25) is 14.4 Å². The topological polar surface area (TPSA) is 88.6 Å². The van der Waals surface area contributed by atoms with Crippen LogP contribution in [0.1, 0.15) is 19.8 Å². The number of nitrogens with one attached hydrogen (secondary N) is 1. The molecule has 0 saturated carbocycles. The van der Waals surface area contributed by atoms with Crippen molar-refractivity contribution in [2.45, 2.75) is 25.9 Å². The SMILES string of the molecule is C[C@@H](OC(=O)CN1CCCC1=O)C(=O)Nc1cccnc1Cl. The summed E-state index contributed by atoms with van der Waals surface area (Å²) in [5.41, 5.74) is 0.340. The fourth-order valence-corrected chi connectivity index (χ4v) is 2.20. The summed E-state index contributed by atoms with van der Waals surface area (Å²) in [6, 6.07) is 3.21. The zero-order valence-corrected chi connectivity index (χ0v) is 12.8. The van der Waals surface area contributed by atoms with Gasteiger partial charge in [-0.2, -0.15) is 0 Å². The van der Waals surface area contributed by atoms with E-state index in [1.807, 2.05) is 0 Å². The van der Waals surface area contributed by atoms with Crippen LogP contribution in [-0.2, 0) is 19.1 Å². The average Bonchev–Trinajstić information content (AvgIpc) is 2.86. The first-order chi connectivity index (χ1) is 10.5. The predicted molar refractivity (Wildman–Crippen MR) is 79.2 cm³/mol. The number of hydrogen-bond donors (Lipinski definition) is 1. The van der Waals surface area contributed by atoms with E-state index in [0.29, 0.717) is 18.7 Å². The standard InChI is InChI=1S/C14H16ClN3O4/c1-9(14(21)17-10-4-2-6-16-13(10)15)22-12(20)8-18-7-3-5-11(18)19/h2,4,6,9H,3,5,7-8H2,1H3,(H,17,21)/t9-/m1/s1. The van der Waals surface area contributed by atoms with Crippen LogP contribution in [0.2, 0.25) is 5.15 Å². The van der Waals surface area contributed by atoms with Gasteiger partial charge in [0.15, 0.2) is 11.3 Å². The molecule has 2 amide bonds. The molecule has 1 aromatic rings. The lowest BCUT2D eigenvalue weighted by Crippen LogP contribution is -2.36. The lowest BCUT2D eigenvalue weighted by atomic mass is 10.3. The Balaban J connectivity index is 1.84. The second-order valence-corrected chi connectivity index (χ2v) is 5.24. The Morgan fingerprint density at radius 3 is 2.95 bits per heavy atom. The normalized spacial score (nSPS) is 15.5. The second-order valence-electron chi connectivity index (χ2n) is 4.88. The monoisotopic (exact) mass is 325 g/mol. The number of esters is 1. The zero-order chi connectivity index (χ0) is 16.1. The molecule has 22 heavy (non-hydrogen) atoms. The van der Waals surface area contributed by atoms with Crippen molar-refractivity contribution in [2.75, 3.05) is 18.4 Å². The van der Waals surface area contributed by atoms with Crippen molar-refractivity contribution in [3.63, 3.8) is 0 Å². The minimum absolute atomic E-state index is 0.0730. The number of halogens is 1. The van der Waals surface area contributed by atoms with Crippen LogP contribution >= 0.6 is 11.6 Å². The van der Waals surface area contributed by atoms with Gasteiger partial charge >= 0.3 is 5.97 Å². The van der Waals surface area contributed by atoms with Crippen molar-refractivity contribution in [1.82, 2.24) is 9.88 Å². The smallest absolute Gasteiger partial charge is 0.326 e. The van der Waals surface area contributed by atoms with Gasteiger partial charge in [-0.05, 0) is 25.5 Å². The summed E-state index contributed by atoms with van der Waals surface area (Å²) in [5, 5.41) is 2.68. The average molecular weight is 326 g/mol. The Bertz CT molecular complexity index is 593. The van der Waals surface area contributed by atoms with Gasteiger partial charge in [-0.15, -0.1) is 0 Å². The highest BCUT2D eigenvalue weighted by Gasteiger charge is 2.25. The fraction of sp³-hybridized carbons (Fsp3) is 0.429. The summed E-state index contributed by atoms with van der Waals surface area (Å²) < 4.78 is 5.03. The van der Waals surface area contributed by atoms with Gasteiger partial charge in [0.2, 0.25) is 5.91 Å². The first-order valence-electron chi connectivity index (χ1n) is 6.86. The predicted octanol–water partition coefficient (Wildman–Crippen LogP) is 1.23. The molecule has 7 nitrogen and oxygen atoms in total. The van der Waals surface area contributed by atoms with Gasteiger partial charge < -0.3 is 15.0 Å². The number of amides is 2. The highest BCUT2D eigenvalue weighted by molar-refractivity contribution is 6.32. The molecule has 1 atom stereocenters. The summed E-state index contributed by atoms with van der Waals surface area (Å²) in [6.45, 7) is 1.85. The number of likely N-dealkylation sites (tertiary alicyclic amines) is 1. The molecule has 1 fully saturated rings. The van der Waals surface area contributed by atoms with Crippen molar-refractivity contribution in [2.24, 2.45) is 0 Å². The van der Waals surface area contributed by atoms with Crippen molar-refractivity contribution in [1.29, 1.82) is 0 Å². The van der Waals surface area contributed by atoms with E-state index < -0.39 is 18.0 Å². The van der Waals surface area contributed by atoms with Crippen LogP contribution in [0, 0.1) is 0 Å². The van der Waals surface area contributed by atoms with Crippen molar-refractivity contribution < 1.29 is 19.1 Å². The highest BCUT2D eigenvalue weighted by atomic mass is 35.5. The summed E-state index contributed by atoms with van der Waals surface area (Å²) in [4.78, 5) is 40.4. The third-order valence-corrected chi connectivity index (χ3v) is 3.49. The number of carbonyl (C=O) groups excluding carboxylic acids is 3. The van der Waals surface area contributed by atoms with E-state index in [1.165, 1.54) is 18.0 Å². The minimum Gasteiger partial charge on any atom is -0.451 e. The largest absolute Gasteiger partial charge is 0.451 e. The number of carbonyl (C=O) groups is 3. The molecule has 8 heteroatoms. The Labute approximate surface area is 132 Å². The number of aromatic nitrogens is 1. The molecule has 0 spiro atoms. The van der Waals surface area contributed by atoms with Crippen molar-refractivity contribution in [3.8, 4) is 0 Å². The number of nitrogens with zero attached hydrogens (tertiary/aromatic N) is 2. The maximum Gasteiger partial charge on any atom is 0.326 e. The summed E-state index contributed by atoms with van der Waals surface area (Å²) in [5.74, 6) is -1.21. The molecule has 1 aliphatic rings. The van der Waals surface area contributed by atoms with E-state index in [1.54, 1.807) is 12.1 Å². The molecule has 0 unspecified atom stereocenters. The van der Waals surface area contributed by atoms with Crippen LogP contribution in [0.4, 0.5) is 5.69 Å². The van der Waals surface area contributed by atoms with E-state index in [2.05, 4.69) is 10.3 Å². The summed E-state index contributed by atoms with van der Waals surface area (Å²) in [7, 11) is 0.